The molecular formula is C26H30F2N4O2. The van der Waals surface area contributed by atoms with Crippen LogP contribution in [0, 0.1) is 13.8 Å². The summed E-state index contributed by atoms with van der Waals surface area (Å²) in [5, 5.41) is 13.7. The first kappa shape index (κ1) is 24.0. The Morgan fingerprint density at radius 1 is 1.21 bits per heavy atom. The Hall–Kier alpha value is -3.13. The molecule has 2 heterocycles. The smallest absolute Gasteiger partial charge is 0.270 e. The SMILES string of the molecule is CCN1C(=O)C(C)(OC)c2cc3c(C)nnc(NC(C)c4cccc(C(C)(F)F)c4C)c3cc21. The largest absolute Gasteiger partial charge is 0.364 e. The number of anilines is 2. The van der Waals surface area contributed by atoms with Crippen molar-refractivity contribution in [2.45, 2.75) is 59.1 Å². The monoisotopic (exact) mass is 468 g/mol. The van der Waals surface area contributed by atoms with Crippen LogP contribution in [0.25, 0.3) is 10.8 Å². The molecule has 2 unspecified atom stereocenters. The molecule has 0 saturated carbocycles. The Bertz CT molecular complexity index is 1290. The molecule has 1 aliphatic heterocycles. The molecule has 0 saturated heterocycles. The summed E-state index contributed by atoms with van der Waals surface area (Å²) in [6, 6.07) is 8.53. The zero-order valence-electron chi connectivity index (χ0n) is 20.6. The fourth-order valence-corrected chi connectivity index (χ4v) is 4.90. The number of benzene rings is 2. The molecule has 0 bridgehead atoms. The topological polar surface area (TPSA) is 67.4 Å². The van der Waals surface area contributed by atoms with Gasteiger partial charge in [-0.1, -0.05) is 18.2 Å². The summed E-state index contributed by atoms with van der Waals surface area (Å²) in [4.78, 5) is 14.8. The second-order valence-electron chi connectivity index (χ2n) is 9.11. The van der Waals surface area contributed by atoms with Gasteiger partial charge >= 0.3 is 0 Å². The number of fused-ring (bicyclic) bond motifs is 2. The first-order valence-electron chi connectivity index (χ1n) is 11.4. The summed E-state index contributed by atoms with van der Waals surface area (Å²) in [6.07, 6.45) is 0. The van der Waals surface area contributed by atoms with Crippen LogP contribution in [-0.2, 0) is 21.1 Å². The van der Waals surface area contributed by atoms with Crippen molar-refractivity contribution in [1.82, 2.24) is 10.2 Å². The first-order valence-corrected chi connectivity index (χ1v) is 11.4. The lowest BCUT2D eigenvalue weighted by Gasteiger charge is -2.23. The molecule has 0 radical (unpaired) electrons. The molecule has 2 atom stereocenters. The van der Waals surface area contributed by atoms with Gasteiger partial charge in [0.25, 0.3) is 11.8 Å². The van der Waals surface area contributed by atoms with Gasteiger partial charge in [-0.25, -0.2) is 8.78 Å². The number of alkyl halides is 2. The molecule has 1 aromatic heterocycles. The van der Waals surface area contributed by atoms with Crippen LogP contribution >= 0.6 is 0 Å². The number of hydrogen-bond donors (Lipinski definition) is 1. The molecule has 0 aliphatic carbocycles. The summed E-state index contributed by atoms with van der Waals surface area (Å²) in [6.45, 7) is 10.6. The first-order chi connectivity index (χ1) is 15.9. The highest BCUT2D eigenvalue weighted by molar-refractivity contribution is 6.10. The average Bonchev–Trinajstić information content (AvgIpc) is 3.00. The van der Waals surface area contributed by atoms with Gasteiger partial charge in [-0.2, -0.15) is 5.10 Å². The number of carbonyl (C=O) groups is 1. The third kappa shape index (κ3) is 3.60. The number of amides is 1. The van der Waals surface area contributed by atoms with Crippen LogP contribution in [0.5, 0.6) is 0 Å². The molecule has 1 aliphatic rings. The van der Waals surface area contributed by atoms with Gasteiger partial charge in [0, 0.05) is 42.5 Å². The second-order valence-corrected chi connectivity index (χ2v) is 9.11. The normalized spacial score (nSPS) is 19.0. The van der Waals surface area contributed by atoms with Gasteiger partial charge in [0.15, 0.2) is 11.4 Å². The van der Waals surface area contributed by atoms with Gasteiger partial charge < -0.3 is 15.0 Å². The molecule has 0 spiro atoms. The minimum Gasteiger partial charge on any atom is -0.364 e. The number of hydrogen-bond acceptors (Lipinski definition) is 5. The molecule has 2 aromatic carbocycles. The third-order valence-electron chi connectivity index (χ3n) is 6.93. The summed E-state index contributed by atoms with van der Waals surface area (Å²) < 4.78 is 33.8. The number of likely N-dealkylation sites (N-methyl/N-ethyl adjacent to an activating group) is 1. The van der Waals surface area contributed by atoms with E-state index in [2.05, 4.69) is 15.5 Å². The van der Waals surface area contributed by atoms with E-state index in [1.54, 1.807) is 24.8 Å². The highest BCUT2D eigenvalue weighted by Gasteiger charge is 2.47. The molecule has 1 amide bonds. The number of rotatable bonds is 6. The lowest BCUT2D eigenvalue weighted by molar-refractivity contribution is -0.137. The molecule has 3 aromatic rings. The van der Waals surface area contributed by atoms with Crippen LogP contribution in [0.1, 0.15) is 61.7 Å². The van der Waals surface area contributed by atoms with Gasteiger partial charge in [0.2, 0.25) is 0 Å². The van der Waals surface area contributed by atoms with Crippen molar-refractivity contribution in [3.8, 4) is 0 Å². The molecule has 4 rings (SSSR count). The van der Waals surface area contributed by atoms with E-state index in [4.69, 9.17) is 4.74 Å². The van der Waals surface area contributed by atoms with E-state index in [0.29, 0.717) is 17.9 Å². The number of nitrogens with zero attached hydrogens (tertiary/aromatic N) is 3. The summed E-state index contributed by atoms with van der Waals surface area (Å²) >= 11 is 0. The molecule has 34 heavy (non-hydrogen) atoms. The standard InChI is InChI=1S/C26H30F2N4O2/c1-8-32-22-13-19-18(12-21(22)25(5,34-7)24(32)33)16(4)30-31-23(19)29-15(3)17-10-9-11-20(14(17)2)26(6,27)28/h9-13,15H,8H2,1-7H3,(H,29,31). The van der Waals surface area contributed by atoms with Crippen LogP contribution in [0.2, 0.25) is 0 Å². The summed E-state index contributed by atoms with van der Waals surface area (Å²) in [7, 11) is 1.54. The number of carbonyl (C=O) groups excluding carboxylic acids is 1. The number of aryl methyl sites for hydroxylation is 1. The fourth-order valence-electron chi connectivity index (χ4n) is 4.90. The number of methoxy groups -OCH3 is 1. The predicted molar refractivity (Wildman–Crippen MR) is 129 cm³/mol. The average molecular weight is 469 g/mol. The van der Waals surface area contributed by atoms with Gasteiger partial charge in [0.05, 0.1) is 17.4 Å². The number of nitrogens with one attached hydrogen (secondary N) is 1. The van der Waals surface area contributed by atoms with Crippen LogP contribution in [0.4, 0.5) is 20.3 Å². The van der Waals surface area contributed by atoms with Crippen LogP contribution in [0.15, 0.2) is 30.3 Å². The number of aromatic nitrogens is 2. The Labute approximate surface area is 198 Å². The Balaban J connectivity index is 1.83. The molecule has 0 fully saturated rings. The molecular weight excluding hydrogens is 438 g/mol. The maximum atomic E-state index is 14.1. The van der Waals surface area contributed by atoms with Crippen molar-refractivity contribution in [2.24, 2.45) is 0 Å². The lowest BCUT2D eigenvalue weighted by atomic mass is 9.93. The maximum Gasteiger partial charge on any atom is 0.270 e. The van der Waals surface area contributed by atoms with Crippen molar-refractivity contribution < 1.29 is 18.3 Å². The van der Waals surface area contributed by atoms with E-state index in [-0.39, 0.29) is 17.5 Å². The van der Waals surface area contributed by atoms with E-state index < -0.39 is 11.5 Å². The zero-order chi connectivity index (χ0) is 25.0. The van der Waals surface area contributed by atoms with Crippen molar-refractivity contribution in [1.29, 1.82) is 0 Å². The van der Waals surface area contributed by atoms with Crippen molar-refractivity contribution in [2.75, 3.05) is 23.9 Å². The maximum absolute atomic E-state index is 14.1. The van der Waals surface area contributed by atoms with Gasteiger partial charge in [-0.3, -0.25) is 4.79 Å². The predicted octanol–water partition coefficient (Wildman–Crippen LogP) is 5.76. The minimum atomic E-state index is -2.93. The number of ether oxygens (including phenoxy) is 1. The van der Waals surface area contributed by atoms with Crippen LogP contribution < -0.4 is 10.2 Å². The van der Waals surface area contributed by atoms with Crippen LogP contribution in [-0.4, -0.2) is 29.8 Å². The lowest BCUT2D eigenvalue weighted by Crippen LogP contribution is -2.39. The molecule has 1 N–H and O–H groups in total. The highest BCUT2D eigenvalue weighted by Crippen LogP contribution is 2.45. The highest BCUT2D eigenvalue weighted by atomic mass is 19.3. The zero-order valence-corrected chi connectivity index (χ0v) is 20.6. The van der Waals surface area contributed by atoms with E-state index in [1.807, 2.05) is 39.0 Å². The van der Waals surface area contributed by atoms with Crippen molar-refractivity contribution in [3.63, 3.8) is 0 Å². The van der Waals surface area contributed by atoms with E-state index in [0.717, 1.165) is 40.2 Å². The Morgan fingerprint density at radius 3 is 2.53 bits per heavy atom. The van der Waals surface area contributed by atoms with Gasteiger partial charge in [-0.05, 0) is 57.9 Å². The van der Waals surface area contributed by atoms with E-state index in [9.17, 15) is 13.6 Å². The second kappa shape index (κ2) is 8.27. The van der Waals surface area contributed by atoms with Crippen LogP contribution in [0.3, 0.4) is 0 Å². The van der Waals surface area contributed by atoms with E-state index >= 15 is 0 Å². The molecule has 180 valence electrons. The Morgan fingerprint density at radius 2 is 1.91 bits per heavy atom. The van der Waals surface area contributed by atoms with Crippen molar-refractivity contribution in [3.05, 3.63) is 58.3 Å². The summed E-state index contributed by atoms with van der Waals surface area (Å²) in [5.41, 5.74) is 2.52. The van der Waals surface area contributed by atoms with Gasteiger partial charge in [-0.15, -0.1) is 5.10 Å². The summed E-state index contributed by atoms with van der Waals surface area (Å²) in [5.74, 6) is -2.52. The fraction of sp³-hybridized carbons (Fsp3) is 0.423. The number of halogens is 2. The Kier molecular flexibility index (Phi) is 5.84. The third-order valence-corrected chi connectivity index (χ3v) is 6.93. The molecule has 8 heteroatoms. The quantitative estimate of drug-likeness (QED) is 0.498. The van der Waals surface area contributed by atoms with E-state index in [1.165, 1.54) is 13.2 Å². The van der Waals surface area contributed by atoms with Gasteiger partial charge in [0.1, 0.15) is 0 Å². The minimum absolute atomic E-state index is 0.00673. The molecule has 6 nitrogen and oxygen atoms in total. The van der Waals surface area contributed by atoms with Crippen molar-refractivity contribution >= 4 is 28.2 Å².